The number of benzene rings is 1. The van der Waals surface area contributed by atoms with Crippen molar-refractivity contribution >= 4 is 16.0 Å². The van der Waals surface area contributed by atoms with Gasteiger partial charge in [0.05, 0.1) is 12.0 Å². The molecule has 0 saturated carbocycles. The topological polar surface area (TPSA) is 83.9 Å². The van der Waals surface area contributed by atoms with Crippen molar-refractivity contribution in [3.8, 4) is 5.75 Å². The van der Waals surface area contributed by atoms with E-state index in [2.05, 4.69) is 0 Å². The van der Waals surface area contributed by atoms with E-state index in [4.69, 9.17) is 9.84 Å². The number of carboxylic acid groups (broad SMARTS) is 1. The Morgan fingerprint density at radius 3 is 2.84 bits per heavy atom. The van der Waals surface area contributed by atoms with Gasteiger partial charge in [-0.2, -0.15) is 4.31 Å². The summed E-state index contributed by atoms with van der Waals surface area (Å²) in [5, 5.41) is 9.06. The molecule has 0 unspecified atom stereocenters. The van der Waals surface area contributed by atoms with Gasteiger partial charge in [0.1, 0.15) is 11.8 Å². The Labute approximate surface area is 111 Å². The number of nitrogens with zero attached hydrogens (tertiary/aromatic N) is 1. The van der Waals surface area contributed by atoms with Gasteiger partial charge in [0.15, 0.2) is 0 Å². The van der Waals surface area contributed by atoms with E-state index in [0.29, 0.717) is 18.6 Å². The van der Waals surface area contributed by atoms with Gasteiger partial charge in [-0.3, -0.25) is 4.79 Å². The summed E-state index contributed by atoms with van der Waals surface area (Å²) < 4.78 is 30.9. The van der Waals surface area contributed by atoms with Crippen molar-refractivity contribution in [1.82, 2.24) is 4.31 Å². The number of aliphatic carboxylic acids is 1. The molecule has 0 aromatic heterocycles. The highest BCUT2D eigenvalue weighted by Gasteiger charge is 2.39. The van der Waals surface area contributed by atoms with Gasteiger partial charge < -0.3 is 9.84 Å². The number of carboxylic acids is 1. The third-order valence-corrected chi connectivity index (χ3v) is 5.04. The Morgan fingerprint density at radius 2 is 2.21 bits per heavy atom. The lowest BCUT2D eigenvalue weighted by molar-refractivity contribution is -0.140. The maximum atomic E-state index is 12.4. The molecule has 0 amide bonds. The Hall–Kier alpha value is -1.60. The van der Waals surface area contributed by atoms with E-state index in [-0.39, 0.29) is 11.4 Å². The lowest BCUT2D eigenvalue weighted by Crippen LogP contribution is -2.40. The first-order chi connectivity index (χ1) is 8.96. The zero-order valence-corrected chi connectivity index (χ0v) is 11.3. The van der Waals surface area contributed by atoms with Gasteiger partial charge in [-0.05, 0) is 25.0 Å². The molecule has 7 heteroatoms. The average molecular weight is 285 g/mol. The Bertz CT molecular complexity index is 584. The SMILES string of the molecule is COc1cccc(S(=O)(=O)N2CCC[C@H]2C(=O)O)c1. The third-order valence-electron chi connectivity index (χ3n) is 3.14. The number of carbonyl (C=O) groups is 1. The van der Waals surface area contributed by atoms with Crippen molar-refractivity contribution in [2.75, 3.05) is 13.7 Å². The molecule has 1 aromatic rings. The molecular formula is C12H15NO5S. The number of ether oxygens (including phenoxy) is 1. The fourth-order valence-electron chi connectivity index (χ4n) is 2.17. The second-order valence-corrected chi connectivity index (χ2v) is 6.18. The largest absolute Gasteiger partial charge is 0.497 e. The lowest BCUT2D eigenvalue weighted by atomic mass is 10.2. The quantitative estimate of drug-likeness (QED) is 0.889. The van der Waals surface area contributed by atoms with Gasteiger partial charge >= 0.3 is 5.97 Å². The smallest absolute Gasteiger partial charge is 0.322 e. The fraction of sp³-hybridized carbons (Fsp3) is 0.417. The number of hydrogen-bond acceptors (Lipinski definition) is 4. The highest BCUT2D eigenvalue weighted by atomic mass is 32.2. The van der Waals surface area contributed by atoms with E-state index < -0.39 is 22.0 Å². The maximum absolute atomic E-state index is 12.4. The first-order valence-electron chi connectivity index (χ1n) is 5.85. The minimum atomic E-state index is -3.79. The summed E-state index contributed by atoms with van der Waals surface area (Å²) >= 11 is 0. The molecule has 1 atom stereocenters. The zero-order chi connectivity index (χ0) is 14.0. The molecule has 104 valence electrons. The van der Waals surface area contributed by atoms with Crippen LogP contribution in [0.15, 0.2) is 29.2 Å². The fourth-order valence-corrected chi connectivity index (χ4v) is 3.86. The molecule has 1 aromatic carbocycles. The third kappa shape index (κ3) is 2.57. The minimum absolute atomic E-state index is 0.0556. The van der Waals surface area contributed by atoms with Crippen LogP contribution in [0, 0.1) is 0 Å². The van der Waals surface area contributed by atoms with Crippen LogP contribution >= 0.6 is 0 Å². The first kappa shape index (κ1) is 13.8. The number of rotatable bonds is 4. The van der Waals surface area contributed by atoms with Crippen LogP contribution in [0.5, 0.6) is 5.75 Å². The molecule has 2 rings (SSSR count). The maximum Gasteiger partial charge on any atom is 0.322 e. The van der Waals surface area contributed by atoms with Gasteiger partial charge in [0, 0.05) is 12.6 Å². The van der Waals surface area contributed by atoms with Gasteiger partial charge in [-0.1, -0.05) is 6.07 Å². The molecule has 6 nitrogen and oxygen atoms in total. The predicted molar refractivity (Wildman–Crippen MR) is 67.5 cm³/mol. The van der Waals surface area contributed by atoms with Gasteiger partial charge in [0.2, 0.25) is 10.0 Å². The Balaban J connectivity index is 2.38. The zero-order valence-electron chi connectivity index (χ0n) is 10.4. The summed E-state index contributed by atoms with van der Waals surface area (Å²) in [6, 6.07) is 5.06. The minimum Gasteiger partial charge on any atom is -0.497 e. The summed E-state index contributed by atoms with van der Waals surface area (Å²) in [7, 11) is -2.35. The summed E-state index contributed by atoms with van der Waals surface area (Å²) in [5.41, 5.74) is 0. The van der Waals surface area contributed by atoms with Crippen molar-refractivity contribution in [3.63, 3.8) is 0 Å². The molecule has 1 N–H and O–H groups in total. The predicted octanol–water partition coefficient (Wildman–Crippen LogP) is 0.933. The van der Waals surface area contributed by atoms with E-state index in [1.807, 2.05) is 0 Å². The molecule has 1 heterocycles. The monoisotopic (exact) mass is 285 g/mol. The van der Waals surface area contributed by atoms with Crippen LogP contribution in [0.1, 0.15) is 12.8 Å². The van der Waals surface area contributed by atoms with E-state index >= 15 is 0 Å². The van der Waals surface area contributed by atoms with E-state index in [1.165, 1.54) is 19.2 Å². The molecule has 0 radical (unpaired) electrons. The van der Waals surface area contributed by atoms with Crippen LogP contribution in [0.4, 0.5) is 0 Å². The highest BCUT2D eigenvalue weighted by Crippen LogP contribution is 2.27. The molecule has 1 saturated heterocycles. The van der Waals surface area contributed by atoms with Crippen LogP contribution in [-0.4, -0.2) is 43.5 Å². The van der Waals surface area contributed by atoms with Crippen LogP contribution in [0.3, 0.4) is 0 Å². The Kier molecular flexibility index (Phi) is 3.77. The normalized spacial score (nSPS) is 20.4. The van der Waals surface area contributed by atoms with Crippen molar-refractivity contribution in [2.45, 2.75) is 23.8 Å². The second kappa shape index (κ2) is 5.18. The van der Waals surface area contributed by atoms with Gasteiger partial charge in [0.25, 0.3) is 0 Å². The molecule has 1 aliphatic rings. The summed E-state index contributed by atoms with van der Waals surface area (Å²) in [5.74, 6) is -0.684. The van der Waals surface area contributed by atoms with Crippen LogP contribution in [0.25, 0.3) is 0 Å². The van der Waals surface area contributed by atoms with Crippen molar-refractivity contribution in [2.24, 2.45) is 0 Å². The van der Waals surface area contributed by atoms with Crippen LogP contribution in [0.2, 0.25) is 0 Å². The Morgan fingerprint density at radius 1 is 1.47 bits per heavy atom. The summed E-state index contributed by atoms with van der Waals surface area (Å²) in [6.07, 6.45) is 0.901. The molecule has 0 aliphatic carbocycles. The number of sulfonamides is 1. The van der Waals surface area contributed by atoms with Crippen molar-refractivity contribution in [1.29, 1.82) is 0 Å². The van der Waals surface area contributed by atoms with E-state index in [0.717, 1.165) is 4.31 Å². The molecule has 0 bridgehead atoms. The van der Waals surface area contributed by atoms with Gasteiger partial charge in [-0.25, -0.2) is 8.42 Å². The van der Waals surface area contributed by atoms with Crippen LogP contribution in [-0.2, 0) is 14.8 Å². The number of methoxy groups -OCH3 is 1. The standard InChI is InChI=1S/C12H15NO5S/c1-18-9-4-2-5-10(8-9)19(16,17)13-7-3-6-11(13)12(14)15/h2,4-5,8,11H,3,6-7H2,1H3,(H,14,15)/t11-/m0/s1. The number of hydrogen-bond donors (Lipinski definition) is 1. The van der Waals surface area contributed by atoms with E-state index in [1.54, 1.807) is 12.1 Å². The molecule has 19 heavy (non-hydrogen) atoms. The van der Waals surface area contributed by atoms with Crippen molar-refractivity contribution in [3.05, 3.63) is 24.3 Å². The van der Waals surface area contributed by atoms with E-state index in [9.17, 15) is 13.2 Å². The van der Waals surface area contributed by atoms with Crippen LogP contribution < -0.4 is 4.74 Å². The first-order valence-corrected chi connectivity index (χ1v) is 7.29. The lowest BCUT2D eigenvalue weighted by Gasteiger charge is -2.21. The highest BCUT2D eigenvalue weighted by molar-refractivity contribution is 7.89. The van der Waals surface area contributed by atoms with Gasteiger partial charge in [-0.15, -0.1) is 0 Å². The second-order valence-electron chi connectivity index (χ2n) is 4.29. The molecular weight excluding hydrogens is 270 g/mol. The summed E-state index contributed by atoms with van der Waals surface area (Å²) in [4.78, 5) is 11.1. The average Bonchev–Trinajstić information content (AvgIpc) is 2.89. The van der Waals surface area contributed by atoms with Crippen molar-refractivity contribution < 1.29 is 23.1 Å². The molecule has 0 spiro atoms. The summed E-state index contributed by atoms with van der Waals surface area (Å²) in [6.45, 7) is 0.233. The molecule has 1 aliphatic heterocycles. The molecule has 1 fully saturated rings.